The first kappa shape index (κ1) is 22.2. The summed E-state index contributed by atoms with van der Waals surface area (Å²) in [5.74, 6) is 1.29. The Kier molecular flexibility index (Phi) is 6.97. The van der Waals surface area contributed by atoms with Crippen LogP contribution < -0.4 is 5.32 Å². The average Bonchev–Trinajstić information content (AvgIpc) is 3.27. The van der Waals surface area contributed by atoms with Gasteiger partial charge in [0.15, 0.2) is 0 Å². The second kappa shape index (κ2) is 10.1. The van der Waals surface area contributed by atoms with Gasteiger partial charge in [0.05, 0.1) is 13.1 Å². The number of carbonyl (C=O) groups is 1. The fourth-order valence-corrected chi connectivity index (χ4v) is 3.90. The molecule has 0 bridgehead atoms. The molecule has 0 saturated carbocycles. The minimum atomic E-state index is 0.0304. The molecule has 0 unspecified atom stereocenters. The molecule has 1 aromatic heterocycles. The summed E-state index contributed by atoms with van der Waals surface area (Å²) in [6.07, 6.45) is 1.01. The van der Waals surface area contributed by atoms with Crippen LogP contribution in [0, 0.1) is 13.8 Å². The van der Waals surface area contributed by atoms with Crippen LogP contribution in [0.15, 0.2) is 47.0 Å². The van der Waals surface area contributed by atoms with Crippen LogP contribution in [0.2, 0.25) is 0 Å². The third-order valence-electron chi connectivity index (χ3n) is 6.16. The predicted octanol–water partition coefficient (Wildman–Crippen LogP) is 3.67. The van der Waals surface area contributed by atoms with Gasteiger partial charge in [-0.15, -0.1) is 0 Å². The highest BCUT2D eigenvalue weighted by atomic mass is 16.5. The first-order valence-electron chi connectivity index (χ1n) is 11.2. The zero-order valence-electron chi connectivity index (χ0n) is 19.1. The standard InChI is InChI=1S/C25H31N5O2/c1-4-20-8-10-21(11-9-20)25-27-24(32-28-25)17-30-14-12-29(13-15-30)16-23(31)26-22-7-5-6-18(2)19(22)3/h5-11H,4,12-17H2,1-3H3,(H,26,31). The molecule has 0 radical (unpaired) electrons. The molecular weight excluding hydrogens is 402 g/mol. The molecule has 1 fully saturated rings. The highest BCUT2D eigenvalue weighted by Gasteiger charge is 2.21. The molecule has 0 spiro atoms. The molecule has 7 nitrogen and oxygen atoms in total. The van der Waals surface area contributed by atoms with Crippen molar-refractivity contribution in [2.75, 3.05) is 38.0 Å². The topological polar surface area (TPSA) is 74.5 Å². The van der Waals surface area contributed by atoms with E-state index in [0.29, 0.717) is 24.8 Å². The second-order valence-electron chi connectivity index (χ2n) is 8.41. The van der Waals surface area contributed by atoms with Gasteiger partial charge in [-0.25, -0.2) is 0 Å². The van der Waals surface area contributed by atoms with Crippen LogP contribution in [-0.2, 0) is 17.8 Å². The number of aromatic nitrogens is 2. The van der Waals surface area contributed by atoms with E-state index >= 15 is 0 Å². The molecule has 168 valence electrons. The number of nitrogens with zero attached hydrogens (tertiary/aromatic N) is 4. The summed E-state index contributed by atoms with van der Waals surface area (Å²) in [6, 6.07) is 14.3. The van der Waals surface area contributed by atoms with Gasteiger partial charge in [0.2, 0.25) is 17.6 Å². The Morgan fingerprint density at radius 3 is 2.47 bits per heavy atom. The van der Waals surface area contributed by atoms with Crippen LogP contribution >= 0.6 is 0 Å². The first-order valence-corrected chi connectivity index (χ1v) is 11.2. The Labute approximate surface area is 189 Å². The number of piperazine rings is 1. The van der Waals surface area contributed by atoms with E-state index in [1.807, 2.05) is 31.2 Å². The number of carbonyl (C=O) groups excluding carboxylic acids is 1. The Bertz CT molecular complexity index is 1050. The summed E-state index contributed by atoms with van der Waals surface area (Å²) in [6.45, 7) is 10.6. The number of hydrogen-bond donors (Lipinski definition) is 1. The highest BCUT2D eigenvalue weighted by molar-refractivity contribution is 5.93. The average molecular weight is 434 g/mol. The fraction of sp³-hybridized carbons (Fsp3) is 0.400. The van der Waals surface area contributed by atoms with Gasteiger partial charge < -0.3 is 9.84 Å². The summed E-state index contributed by atoms with van der Waals surface area (Å²) < 4.78 is 5.48. The van der Waals surface area contributed by atoms with Crippen LogP contribution in [0.4, 0.5) is 5.69 Å². The monoisotopic (exact) mass is 433 g/mol. The Hall–Kier alpha value is -3.03. The number of rotatable bonds is 7. The van der Waals surface area contributed by atoms with Crippen LogP contribution in [-0.4, -0.2) is 58.6 Å². The van der Waals surface area contributed by atoms with Crippen molar-refractivity contribution in [3.05, 3.63) is 65.0 Å². The van der Waals surface area contributed by atoms with Crippen molar-refractivity contribution in [2.24, 2.45) is 0 Å². The number of amides is 1. The number of hydrogen-bond acceptors (Lipinski definition) is 6. The molecule has 2 heterocycles. The molecule has 2 aromatic carbocycles. The summed E-state index contributed by atoms with van der Waals surface area (Å²) in [4.78, 5) is 21.5. The van der Waals surface area contributed by atoms with Crippen LogP contribution in [0.25, 0.3) is 11.4 Å². The minimum Gasteiger partial charge on any atom is -0.338 e. The normalized spacial score (nSPS) is 15.1. The van der Waals surface area contributed by atoms with Crippen molar-refractivity contribution >= 4 is 11.6 Å². The van der Waals surface area contributed by atoms with Gasteiger partial charge >= 0.3 is 0 Å². The van der Waals surface area contributed by atoms with Gasteiger partial charge in [0, 0.05) is 37.4 Å². The zero-order valence-corrected chi connectivity index (χ0v) is 19.1. The fourth-order valence-electron chi connectivity index (χ4n) is 3.90. The van der Waals surface area contributed by atoms with E-state index in [2.05, 4.69) is 57.3 Å². The lowest BCUT2D eigenvalue weighted by Gasteiger charge is -2.33. The minimum absolute atomic E-state index is 0.0304. The van der Waals surface area contributed by atoms with Crippen molar-refractivity contribution in [3.8, 4) is 11.4 Å². The van der Waals surface area contributed by atoms with E-state index in [9.17, 15) is 4.79 Å². The number of benzene rings is 2. The number of anilines is 1. The van der Waals surface area contributed by atoms with Crippen molar-refractivity contribution in [1.29, 1.82) is 0 Å². The summed E-state index contributed by atoms with van der Waals surface area (Å²) in [7, 11) is 0. The molecule has 32 heavy (non-hydrogen) atoms. The van der Waals surface area contributed by atoms with Gasteiger partial charge in [-0.3, -0.25) is 14.6 Å². The molecule has 3 aromatic rings. The van der Waals surface area contributed by atoms with E-state index in [4.69, 9.17) is 4.52 Å². The molecule has 1 N–H and O–H groups in total. The van der Waals surface area contributed by atoms with Crippen molar-refractivity contribution in [2.45, 2.75) is 33.7 Å². The summed E-state index contributed by atoms with van der Waals surface area (Å²) >= 11 is 0. The van der Waals surface area contributed by atoms with Crippen molar-refractivity contribution in [1.82, 2.24) is 19.9 Å². The first-order chi connectivity index (χ1) is 15.5. The second-order valence-corrected chi connectivity index (χ2v) is 8.41. The van der Waals surface area contributed by atoms with E-state index in [-0.39, 0.29) is 5.91 Å². The van der Waals surface area contributed by atoms with Gasteiger partial charge in [0.1, 0.15) is 0 Å². The maximum Gasteiger partial charge on any atom is 0.241 e. The Morgan fingerprint density at radius 2 is 1.75 bits per heavy atom. The third kappa shape index (κ3) is 5.41. The molecule has 1 aliphatic heterocycles. The molecule has 1 aliphatic rings. The zero-order chi connectivity index (χ0) is 22.5. The van der Waals surface area contributed by atoms with Gasteiger partial charge in [0.25, 0.3) is 0 Å². The summed E-state index contributed by atoms with van der Waals surface area (Å²) in [5.41, 5.74) is 5.45. The van der Waals surface area contributed by atoms with Crippen LogP contribution in [0.3, 0.4) is 0 Å². The molecule has 1 amide bonds. The molecule has 7 heteroatoms. The molecule has 0 aliphatic carbocycles. The Morgan fingerprint density at radius 1 is 1.03 bits per heavy atom. The molecular formula is C25H31N5O2. The van der Waals surface area contributed by atoms with Gasteiger partial charge in [-0.05, 0) is 43.0 Å². The van der Waals surface area contributed by atoms with E-state index in [1.54, 1.807) is 0 Å². The lowest BCUT2D eigenvalue weighted by molar-refractivity contribution is -0.117. The molecule has 4 rings (SSSR count). The van der Waals surface area contributed by atoms with Gasteiger partial charge in [-0.2, -0.15) is 4.98 Å². The lowest BCUT2D eigenvalue weighted by Crippen LogP contribution is -2.48. The van der Waals surface area contributed by atoms with Crippen molar-refractivity contribution in [3.63, 3.8) is 0 Å². The molecule has 0 atom stereocenters. The van der Waals surface area contributed by atoms with Gasteiger partial charge in [-0.1, -0.05) is 48.5 Å². The molecule has 1 saturated heterocycles. The Balaban J connectivity index is 1.25. The van der Waals surface area contributed by atoms with E-state index in [0.717, 1.165) is 49.4 Å². The van der Waals surface area contributed by atoms with E-state index < -0.39 is 0 Å². The van der Waals surface area contributed by atoms with E-state index in [1.165, 1.54) is 11.1 Å². The summed E-state index contributed by atoms with van der Waals surface area (Å²) in [5, 5.41) is 7.19. The third-order valence-corrected chi connectivity index (χ3v) is 6.16. The quantitative estimate of drug-likeness (QED) is 0.613. The maximum atomic E-state index is 12.5. The predicted molar refractivity (Wildman–Crippen MR) is 125 cm³/mol. The largest absolute Gasteiger partial charge is 0.338 e. The number of nitrogens with one attached hydrogen (secondary N) is 1. The number of aryl methyl sites for hydroxylation is 2. The SMILES string of the molecule is CCc1ccc(-c2noc(CN3CCN(CC(=O)Nc4cccc(C)c4C)CC3)n2)cc1. The maximum absolute atomic E-state index is 12.5. The van der Waals surface area contributed by atoms with Crippen LogP contribution in [0.5, 0.6) is 0 Å². The van der Waals surface area contributed by atoms with Crippen LogP contribution in [0.1, 0.15) is 29.5 Å². The highest BCUT2D eigenvalue weighted by Crippen LogP contribution is 2.19. The lowest BCUT2D eigenvalue weighted by atomic mass is 10.1. The van der Waals surface area contributed by atoms with Crippen molar-refractivity contribution < 1.29 is 9.32 Å². The smallest absolute Gasteiger partial charge is 0.241 e.